The number of halogens is 1. The van der Waals surface area contributed by atoms with Gasteiger partial charge in [-0.25, -0.2) is 9.66 Å². The van der Waals surface area contributed by atoms with Crippen molar-refractivity contribution in [2.24, 2.45) is 0 Å². The molecule has 0 spiro atoms. The topological polar surface area (TPSA) is 82.8 Å². The van der Waals surface area contributed by atoms with Crippen LogP contribution in [0.2, 0.25) is 5.02 Å². The largest absolute Gasteiger partial charge is 0.444 e. The normalized spacial score (nSPS) is 11.8. The summed E-state index contributed by atoms with van der Waals surface area (Å²) in [7, 11) is 0. The second-order valence-corrected chi connectivity index (χ2v) is 7.75. The van der Waals surface area contributed by atoms with Gasteiger partial charge < -0.3 is 10.3 Å². The number of hydrogen-bond donors (Lipinski definition) is 1. The van der Waals surface area contributed by atoms with Crippen LogP contribution in [0.25, 0.3) is 11.5 Å². The van der Waals surface area contributed by atoms with Crippen LogP contribution in [0.15, 0.2) is 40.1 Å². The van der Waals surface area contributed by atoms with Gasteiger partial charge in [-0.1, -0.05) is 50.2 Å². The zero-order valence-electron chi connectivity index (χ0n) is 13.7. The van der Waals surface area contributed by atoms with Crippen LogP contribution in [0.5, 0.6) is 0 Å². The third kappa shape index (κ3) is 3.57. The number of aromatic nitrogens is 4. The van der Waals surface area contributed by atoms with E-state index in [4.69, 9.17) is 21.9 Å². The summed E-state index contributed by atoms with van der Waals surface area (Å²) in [4.78, 5) is 4.48. The molecule has 8 heteroatoms. The second-order valence-electron chi connectivity index (χ2n) is 6.37. The zero-order chi connectivity index (χ0) is 17.3. The summed E-state index contributed by atoms with van der Waals surface area (Å²) < 4.78 is 7.06. The number of benzene rings is 1. The minimum absolute atomic E-state index is 0.159. The third-order valence-corrected chi connectivity index (χ3v) is 4.52. The average molecular weight is 364 g/mol. The summed E-state index contributed by atoms with van der Waals surface area (Å²) in [5.74, 6) is 7.95. The minimum Gasteiger partial charge on any atom is -0.444 e. The van der Waals surface area contributed by atoms with Crippen molar-refractivity contribution >= 4 is 23.4 Å². The number of hydrogen-bond acceptors (Lipinski definition) is 6. The highest BCUT2D eigenvalue weighted by Gasteiger charge is 2.23. The van der Waals surface area contributed by atoms with Crippen LogP contribution >= 0.6 is 23.4 Å². The molecule has 0 amide bonds. The Labute approximate surface area is 149 Å². The van der Waals surface area contributed by atoms with Gasteiger partial charge in [-0.15, -0.1) is 10.2 Å². The number of nitrogens with two attached hydrogens (primary N) is 1. The van der Waals surface area contributed by atoms with E-state index in [9.17, 15) is 0 Å². The monoisotopic (exact) mass is 363 g/mol. The maximum atomic E-state index is 6.08. The second kappa shape index (κ2) is 6.49. The molecule has 0 bridgehead atoms. The molecule has 0 aliphatic rings. The maximum Gasteiger partial charge on any atom is 0.226 e. The van der Waals surface area contributed by atoms with Gasteiger partial charge in [0.2, 0.25) is 11.0 Å². The fourth-order valence-electron chi connectivity index (χ4n) is 2.15. The molecule has 3 rings (SSSR count). The standard InChI is InChI=1S/C16H18ClN5OS/c1-16(2,3)14-20-21-15(22(14)18)24-9-12-8-23-13(19-12)10-5-4-6-11(17)7-10/h4-8H,9,18H2,1-3H3. The van der Waals surface area contributed by atoms with E-state index in [-0.39, 0.29) is 5.41 Å². The maximum absolute atomic E-state index is 6.08. The Kier molecular flexibility index (Phi) is 4.56. The van der Waals surface area contributed by atoms with Gasteiger partial charge in [0.15, 0.2) is 5.82 Å². The van der Waals surface area contributed by atoms with Gasteiger partial charge in [-0.2, -0.15) is 0 Å². The highest BCUT2D eigenvalue weighted by Crippen LogP contribution is 2.27. The molecular weight excluding hydrogens is 346 g/mol. The Bertz CT molecular complexity index is 852. The molecule has 0 atom stereocenters. The van der Waals surface area contributed by atoms with Gasteiger partial charge in [0, 0.05) is 21.8 Å². The molecule has 6 nitrogen and oxygen atoms in total. The first kappa shape index (κ1) is 16.9. The lowest BCUT2D eigenvalue weighted by Crippen LogP contribution is -2.24. The van der Waals surface area contributed by atoms with Crippen LogP contribution in [-0.2, 0) is 11.2 Å². The first-order valence-corrected chi connectivity index (χ1v) is 8.75. The van der Waals surface area contributed by atoms with E-state index in [1.54, 1.807) is 6.26 Å². The molecule has 0 aliphatic carbocycles. The van der Waals surface area contributed by atoms with E-state index < -0.39 is 0 Å². The van der Waals surface area contributed by atoms with Crippen molar-refractivity contribution in [3.8, 4) is 11.5 Å². The van der Waals surface area contributed by atoms with Crippen LogP contribution < -0.4 is 5.84 Å². The molecule has 0 saturated carbocycles. The van der Waals surface area contributed by atoms with Crippen molar-refractivity contribution in [1.29, 1.82) is 0 Å². The van der Waals surface area contributed by atoms with Crippen molar-refractivity contribution in [2.45, 2.75) is 37.1 Å². The number of nitrogens with zero attached hydrogens (tertiary/aromatic N) is 4. The zero-order valence-corrected chi connectivity index (χ0v) is 15.2. The average Bonchev–Trinajstić information content (AvgIpc) is 3.11. The predicted molar refractivity (Wildman–Crippen MR) is 95.4 cm³/mol. The van der Waals surface area contributed by atoms with Crippen LogP contribution in [-0.4, -0.2) is 19.9 Å². The fraction of sp³-hybridized carbons (Fsp3) is 0.312. The molecule has 2 aromatic heterocycles. The van der Waals surface area contributed by atoms with Gasteiger partial charge >= 0.3 is 0 Å². The molecular formula is C16H18ClN5OS. The highest BCUT2D eigenvalue weighted by atomic mass is 35.5. The first-order valence-electron chi connectivity index (χ1n) is 7.39. The molecule has 0 aliphatic heterocycles. The molecule has 3 aromatic rings. The summed E-state index contributed by atoms with van der Waals surface area (Å²) in [6, 6.07) is 7.39. The molecule has 0 fully saturated rings. The summed E-state index contributed by atoms with van der Waals surface area (Å²) >= 11 is 7.46. The minimum atomic E-state index is -0.159. The Balaban J connectivity index is 1.71. The number of nitrogen functional groups attached to an aromatic ring is 1. The van der Waals surface area contributed by atoms with Crippen molar-refractivity contribution in [3.05, 3.63) is 47.1 Å². The fourth-order valence-corrected chi connectivity index (χ4v) is 3.08. The van der Waals surface area contributed by atoms with Crippen LogP contribution in [0.3, 0.4) is 0 Å². The lowest BCUT2D eigenvalue weighted by molar-refractivity contribution is 0.523. The summed E-state index contributed by atoms with van der Waals surface area (Å²) in [5.41, 5.74) is 1.49. The van der Waals surface area contributed by atoms with Gasteiger partial charge in [0.05, 0.1) is 5.69 Å². The van der Waals surface area contributed by atoms with E-state index in [1.807, 2.05) is 45.0 Å². The summed E-state index contributed by atoms with van der Waals surface area (Å²) in [5, 5.41) is 9.61. The van der Waals surface area contributed by atoms with E-state index in [0.717, 1.165) is 17.1 Å². The van der Waals surface area contributed by atoms with E-state index in [1.165, 1.54) is 16.4 Å². The SMILES string of the molecule is CC(C)(C)c1nnc(SCc2coc(-c3cccc(Cl)c3)n2)n1N. The van der Waals surface area contributed by atoms with Gasteiger partial charge in [0.25, 0.3) is 0 Å². The van der Waals surface area contributed by atoms with Crippen LogP contribution in [0, 0.1) is 0 Å². The van der Waals surface area contributed by atoms with Crippen molar-refractivity contribution in [2.75, 3.05) is 5.84 Å². The molecule has 126 valence electrons. The number of thioether (sulfide) groups is 1. The van der Waals surface area contributed by atoms with Crippen LogP contribution in [0.4, 0.5) is 0 Å². The van der Waals surface area contributed by atoms with Gasteiger partial charge in [-0.3, -0.25) is 0 Å². The van der Waals surface area contributed by atoms with Crippen molar-refractivity contribution in [3.63, 3.8) is 0 Å². The van der Waals surface area contributed by atoms with Crippen LogP contribution in [0.1, 0.15) is 32.3 Å². The Morgan fingerprint density at radius 1 is 1.29 bits per heavy atom. The first-order chi connectivity index (χ1) is 11.3. The highest BCUT2D eigenvalue weighted by molar-refractivity contribution is 7.98. The van der Waals surface area contributed by atoms with Crippen molar-refractivity contribution in [1.82, 2.24) is 19.9 Å². The van der Waals surface area contributed by atoms with Gasteiger partial charge in [-0.05, 0) is 18.2 Å². The number of oxazole rings is 1. The van der Waals surface area contributed by atoms with E-state index >= 15 is 0 Å². The smallest absolute Gasteiger partial charge is 0.226 e. The predicted octanol–water partition coefficient (Wildman–Crippen LogP) is 3.89. The third-order valence-electron chi connectivity index (χ3n) is 3.31. The van der Waals surface area contributed by atoms with Gasteiger partial charge in [0.1, 0.15) is 6.26 Å². The molecule has 0 unspecified atom stereocenters. The number of rotatable bonds is 4. The Morgan fingerprint density at radius 2 is 2.08 bits per heavy atom. The van der Waals surface area contributed by atoms with Crippen molar-refractivity contribution < 1.29 is 4.42 Å². The Morgan fingerprint density at radius 3 is 2.75 bits per heavy atom. The molecule has 0 saturated heterocycles. The summed E-state index contributed by atoms with van der Waals surface area (Å²) in [6.07, 6.45) is 1.63. The molecule has 2 heterocycles. The quantitative estimate of drug-likeness (QED) is 0.559. The Hall–Kier alpha value is -1.99. The van der Waals surface area contributed by atoms with E-state index in [0.29, 0.717) is 21.8 Å². The summed E-state index contributed by atoms with van der Waals surface area (Å²) in [6.45, 7) is 6.14. The molecule has 0 radical (unpaired) electrons. The lowest BCUT2D eigenvalue weighted by atomic mass is 9.96. The molecule has 2 N–H and O–H groups in total. The lowest BCUT2D eigenvalue weighted by Gasteiger charge is -2.16. The molecule has 1 aromatic carbocycles. The van der Waals surface area contributed by atoms with E-state index in [2.05, 4.69) is 15.2 Å². The molecule has 24 heavy (non-hydrogen) atoms.